The normalized spacial score (nSPS) is 14.5. The number of nitrogens with one attached hydrogen (secondary N) is 1. The molecule has 1 N–H and O–H groups in total. The van der Waals surface area contributed by atoms with E-state index in [2.05, 4.69) is 15.0 Å². The maximum absolute atomic E-state index is 14.1. The van der Waals surface area contributed by atoms with E-state index in [1.165, 1.54) is 34.4 Å². The van der Waals surface area contributed by atoms with Gasteiger partial charge in [0.25, 0.3) is 11.5 Å². The van der Waals surface area contributed by atoms with Crippen molar-refractivity contribution in [2.75, 3.05) is 51.0 Å². The van der Waals surface area contributed by atoms with Gasteiger partial charge in [0.05, 0.1) is 34.1 Å². The van der Waals surface area contributed by atoms with Crippen LogP contribution in [0, 0.1) is 6.92 Å². The van der Waals surface area contributed by atoms with Crippen LogP contribution in [0.15, 0.2) is 46.7 Å². The molecule has 49 heavy (non-hydrogen) atoms. The van der Waals surface area contributed by atoms with E-state index in [0.717, 1.165) is 12.3 Å². The highest BCUT2D eigenvalue weighted by molar-refractivity contribution is 7.89. The summed E-state index contributed by atoms with van der Waals surface area (Å²) in [5.41, 5.74) is -0.312. The Balaban J connectivity index is 1.31. The quantitative estimate of drug-likeness (QED) is 0.241. The van der Waals surface area contributed by atoms with Gasteiger partial charge < -0.3 is 14.5 Å². The number of likely N-dealkylation sites (N-methyl/N-ethyl adjacent to an activating group) is 1. The average Bonchev–Trinajstić information content (AvgIpc) is 3.47. The molecule has 1 saturated heterocycles. The Bertz CT molecular complexity index is 2270. The molecule has 1 aliphatic heterocycles. The molecule has 0 atom stereocenters. The van der Waals surface area contributed by atoms with Crippen LogP contribution < -0.4 is 19.9 Å². The van der Waals surface area contributed by atoms with Crippen LogP contribution in [0.2, 0.25) is 5.02 Å². The lowest BCUT2D eigenvalue weighted by Crippen LogP contribution is -2.45. The summed E-state index contributed by atoms with van der Waals surface area (Å²) in [7, 11) is -1.92. The number of pyridine rings is 2. The second-order valence-electron chi connectivity index (χ2n) is 11.5. The zero-order valence-electron chi connectivity index (χ0n) is 26.3. The van der Waals surface area contributed by atoms with E-state index in [1.807, 2.05) is 16.7 Å². The maximum atomic E-state index is 14.1. The first-order chi connectivity index (χ1) is 23.1. The number of thiophene rings is 1. The molecule has 258 valence electrons. The number of halogens is 4. The SMILES string of the molecule is Cc1nc2cc(C(F)(F)F)c(N3CCN(C)CC3)nc2c(=O)n1CCOc1ccc(Cl)cc1-c1ccnc2c(C(=O)NS(C)(=O)=O)csc12. The van der Waals surface area contributed by atoms with E-state index < -0.39 is 33.2 Å². The highest BCUT2D eigenvalue weighted by atomic mass is 35.5. The Morgan fingerprint density at radius 2 is 1.82 bits per heavy atom. The Kier molecular flexibility index (Phi) is 9.29. The molecule has 0 unspecified atom stereocenters. The van der Waals surface area contributed by atoms with Crippen LogP contribution in [0.25, 0.3) is 32.4 Å². The number of nitrogens with zero attached hydrogens (tertiary/aromatic N) is 6. The molecule has 1 aromatic carbocycles. The van der Waals surface area contributed by atoms with Crippen LogP contribution in [0.4, 0.5) is 19.0 Å². The number of aryl methyl sites for hydroxylation is 1. The molecule has 4 aromatic heterocycles. The number of carbonyl (C=O) groups excluding carboxylic acids is 1. The van der Waals surface area contributed by atoms with Gasteiger partial charge in [0.15, 0.2) is 5.52 Å². The van der Waals surface area contributed by atoms with Crippen LogP contribution in [-0.2, 0) is 22.7 Å². The van der Waals surface area contributed by atoms with Gasteiger partial charge in [0, 0.05) is 53.9 Å². The van der Waals surface area contributed by atoms with Crippen molar-refractivity contribution in [2.24, 2.45) is 0 Å². The highest BCUT2D eigenvalue weighted by Gasteiger charge is 2.37. The number of anilines is 1. The predicted octanol–water partition coefficient (Wildman–Crippen LogP) is 4.57. The largest absolute Gasteiger partial charge is 0.491 e. The number of fused-ring (bicyclic) bond motifs is 2. The molecule has 0 bridgehead atoms. The number of aromatic nitrogens is 4. The van der Waals surface area contributed by atoms with Crippen LogP contribution in [0.3, 0.4) is 0 Å². The Morgan fingerprint density at radius 1 is 1.08 bits per heavy atom. The predicted molar refractivity (Wildman–Crippen MR) is 181 cm³/mol. The van der Waals surface area contributed by atoms with Gasteiger partial charge in [-0.2, -0.15) is 13.2 Å². The van der Waals surface area contributed by atoms with Crippen molar-refractivity contribution >= 4 is 65.9 Å². The molecule has 18 heteroatoms. The number of sulfonamides is 1. The van der Waals surface area contributed by atoms with Crippen molar-refractivity contribution in [3.8, 4) is 16.9 Å². The number of hydrogen-bond acceptors (Lipinski definition) is 11. The van der Waals surface area contributed by atoms with Crippen molar-refractivity contribution in [2.45, 2.75) is 19.6 Å². The van der Waals surface area contributed by atoms with Gasteiger partial charge in [0.1, 0.15) is 29.6 Å². The highest BCUT2D eigenvalue weighted by Crippen LogP contribution is 2.40. The van der Waals surface area contributed by atoms with E-state index in [1.54, 1.807) is 29.2 Å². The molecule has 1 amide bonds. The number of hydrogen-bond donors (Lipinski definition) is 1. The molecular weight excluding hydrogens is 707 g/mol. The minimum atomic E-state index is -4.69. The van der Waals surface area contributed by atoms with Gasteiger partial charge in [-0.3, -0.25) is 19.1 Å². The summed E-state index contributed by atoms with van der Waals surface area (Å²) in [5.74, 6) is -0.532. The number of alkyl halides is 3. The van der Waals surface area contributed by atoms with Gasteiger partial charge in [0.2, 0.25) is 10.0 Å². The Morgan fingerprint density at radius 3 is 2.51 bits per heavy atom. The lowest BCUT2D eigenvalue weighted by atomic mass is 10.0. The second kappa shape index (κ2) is 13.2. The number of ether oxygens (including phenoxy) is 1. The Hall–Kier alpha value is -4.32. The molecule has 6 rings (SSSR count). The topological polar surface area (TPSA) is 140 Å². The summed E-state index contributed by atoms with van der Waals surface area (Å²) >= 11 is 7.54. The average molecular weight is 736 g/mol. The maximum Gasteiger partial charge on any atom is 0.420 e. The summed E-state index contributed by atoms with van der Waals surface area (Å²) in [5, 5.41) is 1.90. The smallest absolute Gasteiger partial charge is 0.420 e. The number of rotatable bonds is 8. The van der Waals surface area contributed by atoms with Crippen LogP contribution in [0.5, 0.6) is 5.75 Å². The summed E-state index contributed by atoms with van der Waals surface area (Å²) in [6.45, 7) is 3.25. The minimum Gasteiger partial charge on any atom is -0.491 e. The van der Waals surface area contributed by atoms with E-state index in [-0.39, 0.29) is 46.9 Å². The van der Waals surface area contributed by atoms with E-state index in [9.17, 15) is 31.2 Å². The molecular formula is C31H29ClF3N7O5S2. The molecule has 5 aromatic rings. The lowest BCUT2D eigenvalue weighted by Gasteiger charge is -2.34. The van der Waals surface area contributed by atoms with Gasteiger partial charge in [-0.1, -0.05) is 11.6 Å². The van der Waals surface area contributed by atoms with E-state index in [0.29, 0.717) is 52.8 Å². The zero-order chi connectivity index (χ0) is 35.2. The molecule has 0 radical (unpaired) electrons. The standard InChI is InChI=1S/C31H29ClF3N7O5S2/c1-17-37-23-15-22(31(33,34)35)28(41-10-8-40(2)9-11-41)38-26(23)30(44)42(17)12-13-47-24-5-4-18(32)14-20(24)19-6-7-36-25-21(16-48-27(19)25)29(43)39-49(3,45)46/h4-7,14-16H,8-13H2,1-3H3,(H,39,43). The molecule has 0 saturated carbocycles. The number of amides is 1. The lowest BCUT2D eigenvalue weighted by molar-refractivity contribution is -0.137. The Labute approximate surface area is 287 Å². The molecule has 1 aliphatic rings. The summed E-state index contributed by atoms with van der Waals surface area (Å²) in [6, 6.07) is 7.53. The summed E-state index contributed by atoms with van der Waals surface area (Å²) < 4.78 is 75.6. The van der Waals surface area contributed by atoms with Crippen molar-refractivity contribution in [3.63, 3.8) is 0 Å². The van der Waals surface area contributed by atoms with Gasteiger partial charge in [-0.15, -0.1) is 11.3 Å². The van der Waals surface area contributed by atoms with Crippen molar-refractivity contribution < 1.29 is 31.1 Å². The molecule has 0 aliphatic carbocycles. The first-order valence-corrected chi connectivity index (χ1v) is 18.0. The van der Waals surface area contributed by atoms with Crippen LogP contribution >= 0.6 is 22.9 Å². The fraction of sp³-hybridized carbons (Fsp3) is 0.323. The van der Waals surface area contributed by atoms with Crippen LogP contribution in [-0.4, -0.2) is 84.8 Å². The van der Waals surface area contributed by atoms with E-state index >= 15 is 0 Å². The molecule has 12 nitrogen and oxygen atoms in total. The minimum absolute atomic E-state index is 0.00276. The van der Waals surface area contributed by atoms with E-state index in [4.69, 9.17) is 16.3 Å². The summed E-state index contributed by atoms with van der Waals surface area (Å²) in [4.78, 5) is 42.7. The third-order valence-corrected chi connectivity index (χ3v) is 9.79. The van der Waals surface area contributed by atoms with Crippen molar-refractivity contribution in [3.05, 3.63) is 74.2 Å². The third kappa shape index (κ3) is 7.20. The number of benzene rings is 1. The first-order valence-electron chi connectivity index (χ1n) is 14.8. The van der Waals surface area contributed by atoms with Crippen LogP contribution in [0.1, 0.15) is 21.7 Å². The van der Waals surface area contributed by atoms with Gasteiger partial charge in [-0.05, 0) is 44.3 Å². The first kappa shape index (κ1) is 34.5. The third-order valence-electron chi connectivity index (χ3n) is 7.99. The zero-order valence-corrected chi connectivity index (χ0v) is 28.7. The van der Waals surface area contributed by atoms with Crippen molar-refractivity contribution in [1.29, 1.82) is 0 Å². The fourth-order valence-electron chi connectivity index (χ4n) is 5.59. The fourth-order valence-corrected chi connectivity index (χ4v) is 7.24. The van der Waals surface area contributed by atoms with Crippen molar-refractivity contribution in [1.82, 2.24) is 29.1 Å². The molecule has 1 fully saturated rings. The monoisotopic (exact) mass is 735 g/mol. The summed E-state index contributed by atoms with van der Waals surface area (Å²) in [6.07, 6.45) is -2.34. The number of carbonyl (C=O) groups is 1. The molecule has 5 heterocycles. The van der Waals surface area contributed by atoms with Gasteiger partial charge >= 0.3 is 6.18 Å². The number of piperazine rings is 1. The second-order valence-corrected chi connectivity index (χ2v) is 14.6. The van der Waals surface area contributed by atoms with Gasteiger partial charge in [-0.25, -0.2) is 23.1 Å². The molecule has 0 spiro atoms.